The number of fused-ring (bicyclic) bond motifs is 1. The highest BCUT2D eigenvalue weighted by Gasteiger charge is 2.33. The van der Waals surface area contributed by atoms with E-state index in [1.807, 2.05) is 20.8 Å². The van der Waals surface area contributed by atoms with Crippen LogP contribution in [-0.2, 0) is 32.7 Å². The first-order valence-electron chi connectivity index (χ1n) is 13.3. The fraction of sp³-hybridized carbons (Fsp3) is 0.467. The largest absolute Gasteiger partial charge is 0.490 e. The average Bonchev–Trinajstić information content (AvgIpc) is 3.19. The maximum atomic E-state index is 15.4. The Kier molecular flexibility index (Phi) is 9.55. The summed E-state index contributed by atoms with van der Waals surface area (Å²) >= 11 is 0. The number of amidine groups is 1. The molecule has 1 aliphatic heterocycles. The summed E-state index contributed by atoms with van der Waals surface area (Å²) in [5, 5.41) is 11.2. The topological polar surface area (TPSA) is 118 Å². The van der Waals surface area contributed by atoms with Gasteiger partial charge in [0, 0.05) is 25.5 Å². The van der Waals surface area contributed by atoms with E-state index in [0.717, 1.165) is 11.1 Å². The number of methoxy groups -OCH3 is 1. The van der Waals surface area contributed by atoms with E-state index in [4.69, 9.17) is 19.6 Å². The Morgan fingerprint density at radius 1 is 1.12 bits per heavy atom. The predicted molar refractivity (Wildman–Crippen MR) is 149 cm³/mol. The molecule has 0 bridgehead atoms. The highest BCUT2D eigenvalue weighted by atomic mass is 19.1. The molecule has 2 aromatic carbocycles. The van der Waals surface area contributed by atoms with Gasteiger partial charge in [0.05, 0.1) is 32.4 Å². The van der Waals surface area contributed by atoms with Crippen LogP contribution in [0.4, 0.5) is 4.39 Å². The molecule has 1 amide bonds. The van der Waals surface area contributed by atoms with Gasteiger partial charge in [0.25, 0.3) is 0 Å². The Labute approximate surface area is 234 Å². The zero-order valence-electron chi connectivity index (χ0n) is 24.2. The van der Waals surface area contributed by atoms with Crippen molar-refractivity contribution in [2.75, 3.05) is 26.9 Å². The summed E-state index contributed by atoms with van der Waals surface area (Å²) in [6, 6.07) is 6.03. The summed E-state index contributed by atoms with van der Waals surface area (Å²) in [5.74, 6) is -1.67. The average molecular weight is 556 g/mol. The van der Waals surface area contributed by atoms with Gasteiger partial charge < -0.3 is 24.4 Å². The van der Waals surface area contributed by atoms with Gasteiger partial charge in [0.2, 0.25) is 5.91 Å². The number of Topliss-reactive ketones (excluding diaryl/α,β-unsaturated/α-hetero) is 1. The van der Waals surface area contributed by atoms with E-state index in [-0.39, 0.29) is 66.1 Å². The number of ether oxygens (including phenoxy) is 3. The van der Waals surface area contributed by atoms with Gasteiger partial charge >= 0.3 is 5.97 Å². The van der Waals surface area contributed by atoms with Crippen molar-refractivity contribution in [2.24, 2.45) is 0 Å². The number of benzene rings is 2. The number of ketones is 1. The SMILES string of the molecule is CCOc1cc2c(c(F)c1OCC)C(=N)N(CC(=O)c1ccc(CC(NC(C)=O)C(=O)OC)c(C(C)(C)C)c1)C2. The van der Waals surface area contributed by atoms with Crippen molar-refractivity contribution in [3.63, 3.8) is 0 Å². The van der Waals surface area contributed by atoms with E-state index in [1.165, 1.54) is 18.9 Å². The molecule has 10 heteroatoms. The number of halogens is 1. The summed E-state index contributed by atoms with van der Waals surface area (Å²) in [6.07, 6.45) is 0.197. The Bertz CT molecular complexity index is 1320. The Morgan fingerprint density at radius 3 is 2.38 bits per heavy atom. The number of nitrogens with zero attached hydrogens (tertiary/aromatic N) is 1. The second-order valence-corrected chi connectivity index (χ2v) is 10.6. The molecule has 1 heterocycles. The molecule has 1 unspecified atom stereocenters. The number of esters is 1. The van der Waals surface area contributed by atoms with E-state index in [0.29, 0.717) is 17.7 Å². The van der Waals surface area contributed by atoms with Gasteiger partial charge in [-0.15, -0.1) is 0 Å². The summed E-state index contributed by atoms with van der Waals surface area (Å²) in [7, 11) is 1.26. The zero-order valence-corrected chi connectivity index (χ0v) is 24.2. The molecule has 40 heavy (non-hydrogen) atoms. The van der Waals surface area contributed by atoms with Gasteiger partial charge in [0.15, 0.2) is 23.1 Å². The predicted octanol–water partition coefficient (Wildman–Crippen LogP) is 4.16. The van der Waals surface area contributed by atoms with Crippen LogP contribution in [0.25, 0.3) is 0 Å². The molecule has 0 saturated carbocycles. The first-order valence-corrected chi connectivity index (χ1v) is 13.3. The minimum absolute atomic E-state index is 0.0315. The molecular formula is C30H38FN3O6. The summed E-state index contributed by atoms with van der Waals surface area (Å²) in [4.78, 5) is 38.9. The second kappa shape index (κ2) is 12.5. The van der Waals surface area contributed by atoms with Gasteiger partial charge in [0.1, 0.15) is 11.9 Å². The highest BCUT2D eigenvalue weighted by Crippen LogP contribution is 2.39. The van der Waals surface area contributed by atoms with E-state index in [2.05, 4.69) is 5.32 Å². The van der Waals surface area contributed by atoms with Crippen molar-refractivity contribution in [3.05, 3.63) is 57.9 Å². The number of carbonyl (C=O) groups excluding carboxylic acids is 3. The molecule has 0 fully saturated rings. The van der Waals surface area contributed by atoms with Crippen molar-refractivity contribution in [3.8, 4) is 11.5 Å². The summed E-state index contributed by atoms with van der Waals surface area (Å²) in [5.41, 5.74) is 2.34. The van der Waals surface area contributed by atoms with Gasteiger partial charge in [-0.3, -0.25) is 15.0 Å². The monoisotopic (exact) mass is 555 g/mol. The Morgan fingerprint density at radius 2 is 1.80 bits per heavy atom. The number of hydrogen-bond acceptors (Lipinski definition) is 7. The third-order valence-electron chi connectivity index (χ3n) is 6.63. The van der Waals surface area contributed by atoms with Crippen molar-refractivity contribution < 1.29 is 33.0 Å². The fourth-order valence-electron chi connectivity index (χ4n) is 4.85. The lowest BCUT2D eigenvalue weighted by molar-refractivity contribution is -0.144. The molecule has 0 aromatic heterocycles. The lowest BCUT2D eigenvalue weighted by Gasteiger charge is -2.26. The standard InChI is InChI=1S/C30H38FN3O6/c1-8-39-24-14-20-15-34(28(32)25(20)26(31)27(24)40-9-2)16-23(36)19-11-10-18(21(12-19)30(4,5)6)13-22(29(37)38-7)33-17(3)35/h10-12,14,22,32H,8-9,13,15-16H2,1-7H3,(H,33,35). The van der Waals surface area contributed by atoms with Crippen LogP contribution in [0.15, 0.2) is 24.3 Å². The molecule has 1 atom stereocenters. The quantitative estimate of drug-likeness (QED) is 0.316. The Hall–Kier alpha value is -3.95. The van der Waals surface area contributed by atoms with Crippen molar-refractivity contribution >= 4 is 23.5 Å². The molecule has 3 rings (SSSR count). The molecule has 0 saturated heterocycles. The van der Waals surface area contributed by atoms with Crippen LogP contribution in [0.3, 0.4) is 0 Å². The lowest BCUT2D eigenvalue weighted by Crippen LogP contribution is -2.42. The third-order valence-corrected chi connectivity index (χ3v) is 6.63. The molecule has 0 radical (unpaired) electrons. The molecule has 2 N–H and O–H groups in total. The van der Waals surface area contributed by atoms with Crippen LogP contribution in [0.2, 0.25) is 0 Å². The number of nitrogens with one attached hydrogen (secondary N) is 2. The van der Waals surface area contributed by atoms with Crippen LogP contribution >= 0.6 is 0 Å². The van der Waals surface area contributed by atoms with E-state index < -0.39 is 17.8 Å². The van der Waals surface area contributed by atoms with Gasteiger partial charge in [-0.2, -0.15) is 0 Å². The van der Waals surface area contributed by atoms with Crippen molar-refractivity contribution in [1.29, 1.82) is 5.41 Å². The third kappa shape index (κ3) is 6.60. The van der Waals surface area contributed by atoms with E-state index in [9.17, 15) is 14.4 Å². The normalized spacial score (nSPS) is 13.5. The molecule has 0 spiro atoms. The molecular weight excluding hydrogens is 517 g/mol. The maximum absolute atomic E-state index is 15.4. The van der Waals surface area contributed by atoms with Gasteiger partial charge in [-0.05, 0) is 48.1 Å². The van der Waals surface area contributed by atoms with Crippen LogP contribution < -0.4 is 14.8 Å². The number of rotatable bonds is 11. The minimum atomic E-state index is -0.869. The smallest absolute Gasteiger partial charge is 0.328 e. The number of carbonyl (C=O) groups is 3. The van der Waals surface area contributed by atoms with Crippen LogP contribution in [-0.4, -0.2) is 61.3 Å². The van der Waals surface area contributed by atoms with E-state index >= 15 is 4.39 Å². The van der Waals surface area contributed by atoms with Crippen molar-refractivity contribution in [2.45, 2.75) is 66.0 Å². The molecule has 0 aliphatic carbocycles. The summed E-state index contributed by atoms with van der Waals surface area (Å²) < 4.78 is 31.3. The van der Waals surface area contributed by atoms with Gasteiger partial charge in [-0.1, -0.05) is 32.9 Å². The fourth-order valence-corrected chi connectivity index (χ4v) is 4.85. The number of hydrogen-bond donors (Lipinski definition) is 2. The van der Waals surface area contributed by atoms with Crippen molar-refractivity contribution in [1.82, 2.24) is 10.2 Å². The zero-order chi connectivity index (χ0) is 29.8. The van der Waals surface area contributed by atoms with Crippen LogP contribution in [0.1, 0.15) is 74.2 Å². The first kappa shape index (κ1) is 30.6. The lowest BCUT2D eigenvalue weighted by atomic mass is 9.81. The first-order chi connectivity index (χ1) is 18.8. The van der Waals surface area contributed by atoms with Crippen LogP contribution in [0.5, 0.6) is 11.5 Å². The minimum Gasteiger partial charge on any atom is -0.490 e. The molecule has 216 valence electrons. The van der Waals surface area contributed by atoms with Gasteiger partial charge in [-0.25, -0.2) is 9.18 Å². The van der Waals surface area contributed by atoms with Crippen LogP contribution in [0, 0.1) is 11.2 Å². The maximum Gasteiger partial charge on any atom is 0.328 e. The summed E-state index contributed by atoms with van der Waals surface area (Å²) in [6.45, 7) is 11.5. The highest BCUT2D eigenvalue weighted by molar-refractivity contribution is 6.06. The molecule has 1 aliphatic rings. The molecule has 2 aromatic rings. The number of amides is 1. The second-order valence-electron chi connectivity index (χ2n) is 10.6. The Balaban J connectivity index is 1.88. The van der Waals surface area contributed by atoms with E-state index in [1.54, 1.807) is 38.1 Å². The molecule has 9 nitrogen and oxygen atoms in total.